The summed E-state index contributed by atoms with van der Waals surface area (Å²) in [4.78, 5) is 44.0. The number of nitrogens with zero attached hydrogens (tertiary/aromatic N) is 3. The van der Waals surface area contributed by atoms with Crippen LogP contribution in [0.5, 0.6) is 0 Å². The highest BCUT2D eigenvalue weighted by Gasteiger charge is 2.21. The van der Waals surface area contributed by atoms with Gasteiger partial charge in [0.25, 0.3) is 5.56 Å². The molecule has 1 amide bonds. The molecule has 9 heteroatoms. The van der Waals surface area contributed by atoms with Crippen molar-refractivity contribution in [1.82, 2.24) is 14.1 Å². The number of thiazole rings is 1. The Morgan fingerprint density at radius 2 is 1.84 bits per heavy atom. The number of thioether (sulfide) groups is 1. The van der Waals surface area contributed by atoms with Gasteiger partial charge in [-0.2, -0.15) is 0 Å². The van der Waals surface area contributed by atoms with Crippen LogP contribution in [-0.2, 0) is 11.3 Å². The first kappa shape index (κ1) is 22.0. The lowest BCUT2D eigenvalue weighted by molar-refractivity contribution is -0.116. The maximum absolute atomic E-state index is 13.4. The lowest BCUT2D eigenvalue weighted by atomic mass is 10.1. The molecule has 1 N–H and O–H groups in total. The highest BCUT2D eigenvalue weighted by atomic mass is 32.2. The number of carbonyl (C=O) groups is 1. The van der Waals surface area contributed by atoms with Gasteiger partial charge in [-0.3, -0.25) is 14.2 Å². The molecule has 32 heavy (non-hydrogen) atoms. The summed E-state index contributed by atoms with van der Waals surface area (Å²) in [6.07, 6.45) is 0. The predicted molar refractivity (Wildman–Crippen MR) is 130 cm³/mol. The predicted octanol–water partition coefficient (Wildman–Crippen LogP) is 3.98. The van der Waals surface area contributed by atoms with Gasteiger partial charge in [-0.25, -0.2) is 14.3 Å². The number of rotatable bonds is 6. The van der Waals surface area contributed by atoms with Crippen LogP contribution in [0.25, 0.3) is 16.0 Å². The molecule has 2 heterocycles. The van der Waals surface area contributed by atoms with E-state index in [2.05, 4.69) is 10.3 Å². The Bertz CT molecular complexity index is 1420. The molecule has 2 aromatic heterocycles. The number of nitrogens with one attached hydrogen (secondary N) is 1. The molecule has 4 rings (SSSR count). The molecule has 0 fully saturated rings. The summed E-state index contributed by atoms with van der Waals surface area (Å²) in [5.74, 6) is 0.419. The number of aromatic nitrogens is 3. The molecule has 7 nitrogen and oxygen atoms in total. The van der Waals surface area contributed by atoms with Crippen molar-refractivity contribution < 1.29 is 4.79 Å². The van der Waals surface area contributed by atoms with Crippen LogP contribution in [0.2, 0.25) is 0 Å². The first-order valence-corrected chi connectivity index (χ1v) is 11.9. The summed E-state index contributed by atoms with van der Waals surface area (Å²) in [7, 11) is 0. The zero-order chi connectivity index (χ0) is 22.8. The Kier molecular flexibility index (Phi) is 6.29. The third kappa shape index (κ3) is 4.13. The van der Waals surface area contributed by atoms with Crippen molar-refractivity contribution in [2.24, 2.45) is 0 Å². The number of hydrogen-bond donors (Lipinski definition) is 1. The van der Waals surface area contributed by atoms with Crippen LogP contribution in [0.3, 0.4) is 0 Å². The summed E-state index contributed by atoms with van der Waals surface area (Å²) in [6, 6.07) is 14.4. The van der Waals surface area contributed by atoms with Gasteiger partial charge in [-0.05, 0) is 48.9 Å². The highest BCUT2D eigenvalue weighted by Crippen LogP contribution is 2.27. The van der Waals surface area contributed by atoms with Gasteiger partial charge < -0.3 is 5.32 Å². The maximum atomic E-state index is 13.4. The molecule has 0 aliphatic carbocycles. The van der Waals surface area contributed by atoms with Crippen LogP contribution >= 0.6 is 23.1 Å². The maximum Gasteiger partial charge on any atom is 0.337 e. The number of carbonyl (C=O) groups excluding carboxylic acids is 1. The number of para-hydroxylation sites is 1. The molecule has 0 radical (unpaired) electrons. The molecule has 0 atom stereocenters. The standard InChI is InChI=1S/C23H22N4O3S2/c1-4-31-22-25-20-19(32-22)21(29)27(16-10-6-5-7-11-16)23(30)26(20)13-18(28)24-17-12-8-9-14(2)15(17)3/h5-12H,4,13H2,1-3H3,(H,24,28). The Morgan fingerprint density at radius 3 is 2.56 bits per heavy atom. The first-order chi connectivity index (χ1) is 15.4. The van der Waals surface area contributed by atoms with Crippen molar-refractivity contribution in [2.45, 2.75) is 31.7 Å². The molecule has 0 bridgehead atoms. The van der Waals surface area contributed by atoms with E-state index < -0.39 is 11.2 Å². The van der Waals surface area contributed by atoms with Gasteiger partial charge in [0.15, 0.2) is 9.99 Å². The molecular formula is C23H22N4O3S2. The van der Waals surface area contributed by atoms with Crippen molar-refractivity contribution in [1.29, 1.82) is 0 Å². The molecule has 164 valence electrons. The van der Waals surface area contributed by atoms with Crippen LogP contribution in [0, 0.1) is 13.8 Å². The van der Waals surface area contributed by atoms with Crippen molar-refractivity contribution >= 4 is 45.0 Å². The fourth-order valence-corrected chi connectivity index (χ4v) is 5.34. The fraction of sp³-hybridized carbons (Fsp3) is 0.217. The van der Waals surface area contributed by atoms with Crippen molar-refractivity contribution in [2.75, 3.05) is 11.1 Å². The van der Waals surface area contributed by atoms with Gasteiger partial charge in [0.1, 0.15) is 11.2 Å². The Labute approximate surface area is 192 Å². The van der Waals surface area contributed by atoms with Crippen LogP contribution in [0.1, 0.15) is 18.1 Å². The third-order valence-electron chi connectivity index (χ3n) is 5.13. The average molecular weight is 467 g/mol. The molecule has 0 aliphatic heterocycles. The van der Waals surface area contributed by atoms with Gasteiger partial charge in [0.2, 0.25) is 5.91 Å². The number of anilines is 1. The molecule has 0 saturated carbocycles. The normalized spacial score (nSPS) is 11.1. The van der Waals surface area contributed by atoms with E-state index in [0.717, 1.165) is 21.4 Å². The first-order valence-electron chi connectivity index (χ1n) is 10.1. The third-order valence-corrected chi connectivity index (χ3v) is 7.19. The largest absolute Gasteiger partial charge is 0.337 e. The monoisotopic (exact) mass is 466 g/mol. The van der Waals surface area contributed by atoms with E-state index in [-0.39, 0.29) is 18.1 Å². The van der Waals surface area contributed by atoms with E-state index in [1.807, 2.05) is 45.0 Å². The number of benzene rings is 2. The van der Waals surface area contributed by atoms with E-state index >= 15 is 0 Å². The van der Waals surface area contributed by atoms with Crippen LogP contribution < -0.4 is 16.6 Å². The van der Waals surface area contributed by atoms with E-state index in [1.165, 1.54) is 27.7 Å². The summed E-state index contributed by atoms with van der Waals surface area (Å²) in [5, 5.41) is 2.88. The second-order valence-corrected chi connectivity index (χ2v) is 9.72. The average Bonchev–Trinajstić information content (AvgIpc) is 3.20. The zero-order valence-electron chi connectivity index (χ0n) is 17.9. The molecule has 4 aromatic rings. The van der Waals surface area contributed by atoms with Crippen LogP contribution in [-0.4, -0.2) is 25.8 Å². The lowest BCUT2D eigenvalue weighted by Gasteiger charge is -2.13. The minimum atomic E-state index is -0.594. The van der Waals surface area contributed by atoms with Crippen LogP contribution in [0.4, 0.5) is 5.69 Å². The second-order valence-electron chi connectivity index (χ2n) is 7.21. The Morgan fingerprint density at radius 1 is 1.09 bits per heavy atom. The second kappa shape index (κ2) is 9.13. The number of aryl methyl sites for hydroxylation is 1. The number of hydrogen-bond acceptors (Lipinski definition) is 6. The fourth-order valence-electron chi connectivity index (χ4n) is 3.37. The summed E-state index contributed by atoms with van der Waals surface area (Å²) >= 11 is 2.74. The Hall–Kier alpha value is -3.17. The molecule has 2 aromatic carbocycles. The van der Waals surface area contributed by atoms with Gasteiger partial charge in [0, 0.05) is 5.69 Å². The van der Waals surface area contributed by atoms with E-state index in [9.17, 15) is 14.4 Å². The van der Waals surface area contributed by atoms with E-state index in [1.54, 1.807) is 24.3 Å². The van der Waals surface area contributed by atoms with E-state index in [0.29, 0.717) is 20.4 Å². The van der Waals surface area contributed by atoms with Gasteiger partial charge in [0.05, 0.1) is 5.69 Å². The minimum absolute atomic E-state index is 0.240. The highest BCUT2D eigenvalue weighted by molar-refractivity contribution is 8.01. The lowest BCUT2D eigenvalue weighted by Crippen LogP contribution is -2.40. The summed E-state index contributed by atoms with van der Waals surface area (Å²) in [6.45, 7) is 5.63. The quantitative estimate of drug-likeness (QED) is 0.435. The topological polar surface area (TPSA) is 86.0 Å². The van der Waals surface area contributed by atoms with Crippen LogP contribution in [0.15, 0.2) is 62.5 Å². The Balaban J connectivity index is 1.84. The zero-order valence-corrected chi connectivity index (χ0v) is 19.5. The molecule has 0 saturated heterocycles. The van der Waals surface area contributed by atoms with Gasteiger partial charge in [-0.15, -0.1) is 11.3 Å². The van der Waals surface area contributed by atoms with Crippen molar-refractivity contribution in [3.8, 4) is 5.69 Å². The molecular weight excluding hydrogens is 444 g/mol. The summed E-state index contributed by atoms with van der Waals surface area (Å²) in [5.41, 5.74) is 2.38. The van der Waals surface area contributed by atoms with Crippen molar-refractivity contribution in [3.63, 3.8) is 0 Å². The minimum Gasteiger partial charge on any atom is -0.324 e. The van der Waals surface area contributed by atoms with Crippen molar-refractivity contribution in [3.05, 3.63) is 80.5 Å². The summed E-state index contributed by atoms with van der Waals surface area (Å²) < 4.78 is 3.42. The number of fused-ring (bicyclic) bond motifs is 1. The molecule has 0 spiro atoms. The molecule has 0 unspecified atom stereocenters. The van der Waals surface area contributed by atoms with Gasteiger partial charge in [-0.1, -0.05) is 49.0 Å². The SMILES string of the molecule is CCSc1nc2c(s1)c(=O)n(-c1ccccc1)c(=O)n2CC(=O)Nc1cccc(C)c1C. The smallest absolute Gasteiger partial charge is 0.324 e. The van der Waals surface area contributed by atoms with E-state index in [4.69, 9.17) is 0 Å². The van der Waals surface area contributed by atoms with Gasteiger partial charge >= 0.3 is 5.69 Å². The number of amides is 1. The molecule has 0 aliphatic rings.